The molecule has 0 bridgehead atoms. The van der Waals surface area contributed by atoms with Gasteiger partial charge in [0.15, 0.2) is 0 Å². The molecular formula is C48H50F4N2O4Ti. The van der Waals surface area contributed by atoms with Crippen molar-refractivity contribution < 1.29 is 58.3 Å². The molecule has 59 heavy (non-hydrogen) atoms. The SMILES string of the molecule is CCCCOCCN(C(=O)c1ccccc1)c1ccc(F)[c-]c1F.CCCCOCCN(C(=O)c1ccccc1)c1ccc(F)[c-]c1F.[Ti+4].c1cc[cH-]c1.c1cc[cH-]c1. The fraction of sp³-hybridized carbons (Fsp3) is 0.250. The summed E-state index contributed by atoms with van der Waals surface area (Å²) in [5.41, 5.74) is 0.832. The molecular weight excluding hydrogens is 792 g/mol. The fourth-order valence-electron chi connectivity index (χ4n) is 5.07. The smallest absolute Gasteiger partial charge is 0.380 e. The molecule has 0 spiro atoms. The van der Waals surface area contributed by atoms with E-state index in [0.717, 1.165) is 37.8 Å². The summed E-state index contributed by atoms with van der Waals surface area (Å²) >= 11 is 0. The molecule has 0 fully saturated rings. The second kappa shape index (κ2) is 30.0. The topological polar surface area (TPSA) is 59.1 Å². The fourth-order valence-corrected chi connectivity index (χ4v) is 5.07. The summed E-state index contributed by atoms with van der Waals surface area (Å²) in [6.45, 7) is 6.17. The minimum atomic E-state index is -0.896. The summed E-state index contributed by atoms with van der Waals surface area (Å²) < 4.78 is 65.3. The van der Waals surface area contributed by atoms with Crippen LogP contribution >= 0.6 is 0 Å². The van der Waals surface area contributed by atoms with Crippen LogP contribution in [0, 0.1) is 35.4 Å². The molecule has 0 aliphatic rings. The van der Waals surface area contributed by atoms with Gasteiger partial charge in [0.25, 0.3) is 0 Å². The zero-order valence-corrected chi connectivity index (χ0v) is 35.0. The summed E-state index contributed by atoms with van der Waals surface area (Å²) in [7, 11) is 0. The van der Waals surface area contributed by atoms with Crippen LogP contribution in [0.25, 0.3) is 0 Å². The van der Waals surface area contributed by atoms with E-state index in [1.807, 2.05) is 72.8 Å². The molecule has 2 amide bonds. The molecule has 6 rings (SSSR count). The minimum absolute atomic E-state index is 0. The van der Waals surface area contributed by atoms with Gasteiger partial charge in [-0.2, -0.15) is 36.4 Å². The van der Waals surface area contributed by atoms with Crippen LogP contribution in [0.3, 0.4) is 0 Å². The maximum atomic E-state index is 14.1. The number of halogens is 4. The van der Waals surface area contributed by atoms with E-state index in [9.17, 15) is 27.2 Å². The number of anilines is 2. The predicted octanol–water partition coefficient (Wildman–Crippen LogP) is 11.3. The maximum Gasteiger partial charge on any atom is 4.00 e. The van der Waals surface area contributed by atoms with Gasteiger partial charge < -0.3 is 19.3 Å². The Morgan fingerprint density at radius 1 is 0.525 bits per heavy atom. The molecule has 0 radical (unpaired) electrons. The molecule has 0 aromatic heterocycles. The number of rotatable bonds is 16. The van der Waals surface area contributed by atoms with Gasteiger partial charge in [0.05, 0.1) is 13.2 Å². The molecule has 0 heterocycles. The van der Waals surface area contributed by atoms with Crippen molar-refractivity contribution >= 4 is 23.2 Å². The predicted molar refractivity (Wildman–Crippen MR) is 222 cm³/mol. The molecule has 0 saturated carbocycles. The molecule has 0 aliphatic heterocycles. The third-order valence-corrected chi connectivity index (χ3v) is 8.11. The number of benzene rings is 4. The Kier molecular flexibility index (Phi) is 25.4. The Bertz CT molecular complexity index is 1790. The Hall–Kier alpha value is -5.13. The van der Waals surface area contributed by atoms with Crippen LogP contribution in [0.2, 0.25) is 0 Å². The molecule has 11 heteroatoms. The number of hydrogen-bond donors (Lipinski definition) is 0. The summed E-state index contributed by atoms with van der Waals surface area (Å²) in [5, 5.41) is 0. The van der Waals surface area contributed by atoms with Crippen molar-refractivity contribution in [3.63, 3.8) is 0 Å². The van der Waals surface area contributed by atoms with Crippen LogP contribution < -0.4 is 9.80 Å². The number of nitrogens with zero attached hydrogens (tertiary/aromatic N) is 2. The zero-order chi connectivity index (χ0) is 41.8. The van der Waals surface area contributed by atoms with E-state index in [4.69, 9.17) is 9.47 Å². The van der Waals surface area contributed by atoms with Crippen LogP contribution in [0.1, 0.15) is 60.2 Å². The first-order valence-electron chi connectivity index (χ1n) is 19.2. The second-order valence-electron chi connectivity index (χ2n) is 12.5. The number of carbonyl (C=O) groups is 2. The van der Waals surface area contributed by atoms with Crippen molar-refractivity contribution in [2.45, 2.75) is 39.5 Å². The third-order valence-electron chi connectivity index (χ3n) is 8.11. The van der Waals surface area contributed by atoms with Gasteiger partial charge in [-0.25, -0.2) is 41.8 Å². The zero-order valence-electron chi connectivity index (χ0n) is 33.5. The molecule has 6 nitrogen and oxygen atoms in total. The first-order chi connectivity index (χ1) is 28.3. The van der Waals surface area contributed by atoms with Crippen molar-refractivity contribution in [1.29, 1.82) is 0 Å². The molecule has 0 unspecified atom stereocenters. The van der Waals surface area contributed by atoms with Crippen LogP contribution in [-0.2, 0) is 31.2 Å². The molecule has 0 saturated heterocycles. The normalized spacial score (nSPS) is 10.0. The van der Waals surface area contributed by atoms with Crippen LogP contribution in [0.15, 0.2) is 146 Å². The van der Waals surface area contributed by atoms with Crippen molar-refractivity contribution in [3.8, 4) is 0 Å². The quantitative estimate of drug-likeness (QED) is 0.0421. The van der Waals surface area contributed by atoms with E-state index in [0.29, 0.717) is 24.3 Å². The average Bonchev–Trinajstić information content (AvgIpc) is 4.03. The number of carbonyl (C=O) groups excluding carboxylic acids is 2. The summed E-state index contributed by atoms with van der Waals surface area (Å²) in [5.74, 6) is -4.13. The number of hydrogen-bond acceptors (Lipinski definition) is 4. The van der Waals surface area contributed by atoms with Crippen molar-refractivity contribution in [3.05, 3.63) is 192 Å². The Balaban J connectivity index is 0.000000323. The molecule has 308 valence electrons. The maximum absolute atomic E-state index is 14.1. The van der Waals surface area contributed by atoms with Crippen LogP contribution in [0.4, 0.5) is 28.9 Å². The Labute approximate surface area is 361 Å². The van der Waals surface area contributed by atoms with Gasteiger partial charge in [-0.3, -0.25) is 9.59 Å². The van der Waals surface area contributed by atoms with E-state index in [-0.39, 0.29) is 71.2 Å². The standard InChI is InChI=1S/2C19H20F2NO2.2C5H5.Ti/c2*1-2-3-12-24-13-11-22(18-10-9-16(20)14-17(18)21)19(23)15-7-5-4-6-8-15;2*1-2-4-5-3-1;/h2*4-10H,2-3,11-13H2,1H3;2*1-5H;/q4*-1;+4. The van der Waals surface area contributed by atoms with Crippen molar-refractivity contribution in [2.24, 2.45) is 0 Å². The Morgan fingerprint density at radius 3 is 1.17 bits per heavy atom. The molecule has 6 aromatic rings. The van der Waals surface area contributed by atoms with Gasteiger partial charge in [0, 0.05) is 60.7 Å². The van der Waals surface area contributed by atoms with Crippen LogP contribution in [0.5, 0.6) is 0 Å². The van der Waals surface area contributed by atoms with Gasteiger partial charge in [-0.1, -0.05) is 63.1 Å². The molecule has 0 N–H and O–H groups in total. The molecule has 6 aromatic carbocycles. The van der Waals surface area contributed by atoms with Crippen LogP contribution in [-0.4, -0.2) is 51.3 Å². The first kappa shape index (κ1) is 50.0. The van der Waals surface area contributed by atoms with E-state index in [1.54, 1.807) is 60.7 Å². The minimum Gasteiger partial charge on any atom is -0.380 e. The largest absolute Gasteiger partial charge is 4.00 e. The van der Waals surface area contributed by atoms with Gasteiger partial charge in [0.2, 0.25) is 11.8 Å². The third kappa shape index (κ3) is 19.0. The van der Waals surface area contributed by atoms with E-state index >= 15 is 0 Å². The van der Waals surface area contributed by atoms with Gasteiger partial charge in [0.1, 0.15) is 0 Å². The number of unbranched alkanes of at least 4 members (excludes halogenated alkanes) is 2. The van der Waals surface area contributed by atoms with E-state index < -0.39 is 23.3 Å². The monoisotopic (exact) mass is 842 g/mol. The Morgan fingerprint density at radius 2 is 0.881 bits per heavy atom. The summed E-state index contributed by atoms with van der Waals surface area (Å²) in [6, 6.07) is 45.7. The van der Waals surface area contributed by atoms with Crippen molar-refractivity contribution in [2.75, 3.05) is 49.3 Å². The summed E-state index contributed by atoms with van der Waals surface area (Å²) in [6.07, 6.45) is 3.86. The average molecular weight is 843 g/mol. The number of ether oxygens (including phenoxy) is 2. The van der Waals surface area contributed by atoms with E-state index in [1.165, 1.54) is 21.9 Å². The number of amides is 2. The van der Waals surface area contributed by atoms with Gasteiger partial charge in [-0.15, -0.1) is 36.4 Å². The molecule has 0 aliphatic carbocycles. The summed E-state index contributed by atoms with van der Waals surface area (Å²) in [4.78, 5) is 27.9. The molecule has 0 atom stereocenters. The van der Waals surface area contributed by atoms with Crippen molar-refractivity contribution in [1.82, 2.24) is 0 Å². The second-order valence-corrected chi connectivity index (χ2v) is 12.5. The van der Waals surface area contributed by atoms with E-state index in [2.05, 4.69) is 13.8 Å². The van der Waals surface area contributed by atoms with Gasteiger partial charge in [-0.05, 0) is 48.5 Å². The van der Waals surface area contributed by atoms with Gasteiger partial charge >= 0.3 is 21.7 Å². The first-order valence-corrected chi connectivity index (χ1v) is 19.2.